The first kappa shape index (κ1) is 20.4. The third kappa shape index (κ3) is 5.31. The molecule has 140 valence electrons. The molecular formula is C21H28ClN3O. The Kier molecular flexibility index (Phi) is 8.10. The van der Waals surface area contributed by atoms with Crippen molar-refractivity contribution in [2.75, 3.05) is 37.6 Å². The predicted molar refractivity (Wildman–Crippen MR) is 110 cm³/mol. The first-order chi connectivity index (χ1) is 12.3. The number of rotatable bonds is 7. The Morgan fingerprint density at radius 2 is 1.77 bits per heavy atom. The van der Waals surface area contributed by atoms with Gasteiger partial charge in [0.05, 0.1) is 6.54 Å². The summed E-state index contributed by atoms with van der Waals surface area (Å²) in [5.74, 6) is 0.175. The summed E-state index contributed by atoms with van der Waals surface area (Å²) in [7, 11) is 0. The van der Waals surface area contributed by atoms with Gasteiger partial charge in [-0.05, 0) is 36.5 Å². The van der Waals surface area contributed by atoms with Crippen LogP contribution < -0.4 is 10.6 Å². The highest BCUT2D eigenvalue weighted by Gasteiger charge is 2.23. The van der Waals surface area contributed by atoms with Crippen molar-refractivity contribution in [2.24, 2.45) is 5.73 Å². The summed E-state index contributed by atoms with van der Waals surface area (Å²) in [5, 5.41) is 0. The fourth-order valence-electron chi connectivity index (χ4n) is 3.45. The van der Waals surface area contributed by atoms with Crippen LogP contribution in [0.4, 0.5) is 5.69 Å². The molecule has 0 spiro atoms. The zero-order valence-electron chi connectivity index (χ0n) is 15.1. The molecule has 4 nitrogen and oxygen atoms in total. The number of carbonyl (C=O) groups excluding carboxylic acids is 1. The Bertz CT molecular complexity index is 693. The lowest BCUT2D eigenvalue weighted by Crippen LogP contribution is -2.44. The summed E-state index contributed by atoms with van der Waals surface area (Å²) in [5.41, 5.74) is 9.41. The number of para-hydroxylation sites is 1. The van der Waals surface area contributed by atoms with Gasteiger partial charge < -0.3 is 10.6 Å². The van der Waals surface area contributed by atoms with E-state index in [1.165, 1.54) is 11.1 Å². The molecule has 1 amide bonds. The number of hydrogen-bond donors (Lipinski definition) is 1. The van der Waals surface area contributed by atoms with Crippen molar-refractivity contribution in [3.63, 3.8) is 0 Å². The molecule has 0 saturated heterocycles. The summed E-state index contributed by atoms with van der Waals surface area (Å²) < 4.78 is 0. The fourth-order valence-corrected chi connectivity index (χ4v) is 3.45. The number of halogens is 1. The zero-order chi connectivity index (χ0) is 17.5. The normalized spacial score (nSPS) is 13.2. The molecule has 1 heterocycles. The molecule has 0 fully saturated rings. The van der Waals surface area contributed by atoms with Gasteiger partial charge in [0, 0.05) is 31.9 Å². The standard InChI is InChI=1S/C21H27N3O.ClH/c22-13-16-23(15-12-18-7-2-1-3-8-18)17-21(25)24-14-6-10-19-9-4-5-11-20(19)24;/h1-5,7-9,11H,6,10,12-17,22H2;1H. The van der Waals surface area contributed by atoms with E-state index >= 15 is 0 Å². The van der Waals surface area contributed by atoms with E-state index in [9.17, 15) is 4.79 Å². The molecule has 0 saturated carbocycles. The van der Waals surface area contributed by atoms with E-state index in [0.29, 0.717) is 13.1 Å². The molecule has 0 aliphatic carbocycles. The van der Waals surface area contributed by atoms with Crippen LogP contribution >= 0.6 is 12.4 Å². The predicted octanol–water partition coefficient (Wildman–Crippen LogP) is 2.89. The van der Waals surface area contributed by atoms with Crippen molar-refractivity contribution in [1.82, 2.24) is 4.90 Å². The number of aryl methyl sites for hydroxylation is 1. The Hall–Kier alpha value is -1.88. The highest BCUT2D eigenvalue weighted by Crippen LogP contribution is 2.26. The Morgan fingerprint density at radius 3 is 2.54 bits per heavy atom. The van der Waals surface area contributed by atoms with E-state index in [1.54, 1.807) is 0 Å². The monoisotopic (exact) mass is 373 g/mol. The molecule has 2 N–H and O–H groups in total. The van der Waals surface area contributed by atoms with Crippen LogP contribution in [-0.2, 0) is 17.6 Å². The van der Waals surface area contributed by atoms with Gasteiger partial charge in [-0.25, -0.2) is 0 Å². The van der Waals surface area contributed by atoms with Crippen molar-refractivity contribution < 1.29 is 4.79 Å². The summed E-state index contributed by atoms with van der Waals surface area (Å²) in [6, 6.07) is 18.6. The molecule has 1 aliphatic rings. The quantitative estimate of drug-likeness (QED) is 0.811. The number of amides is 1. The van der Waals surface area contributed by atoms with Gasteiger partial charge in [0.25, 0.3) is 0 Å². The van der Waals surface area contributed by atoms with Gasteiger partial charge in [0.1, 0.15) is 0 Å². The topological polar surface area (TPSA) is 49.6 Å². The number of nitrogens with zero attached hydrogens (tertiary/aromatic N) is 2. The second-order valence-electron chi connectivity index (χ2n) is 6.58. The number of fused-ring (bicyclic) bond motifs is 1. The Balaban J connectivity index is 0.00000243. The highest BCUT2D eigenvalue weighted by atomic mass is 35.5. The lowest BCUT2D eigenvalue weighted by molar-refractivity contribution is -0.119. The first-order valence-electron chi connectivity index (χ1n) is 9.12. The van der Waals surface area contributed by atoms with Crippen molar-refractivity contribution in [3.05, 3.63) is 65.7 Å². The van der Waals surface area contributed by atoms with Crippen molar-refractivity contribution >= 4 is 24.0 Å². The average molecular weight is 374 g/mol. The molecule has 0 radical (unpaired) electrons. The molecular weight excluding hydrogens is 346 g/mol. The molecule has 0 aromatic heterocycles. The van der Waals surface area contributed by atoms with E-state index in [0.717, 1.165) is 44.6 Å². The third-order valence-electron chi connectivity index (χ3n) is 4.78. The molecule has 5 heteroatoms. The van der Waals surface area contributed by atoms with Gasteiger partial charge in [0.2, 0.25) is 5.91 Å². The van der Waals surface area contributed by atoms with Gasteiger partial charge in [-0.15, -0.1) is 12.4 Å². The van der Waals surface area contributed by atoms with E-state index in [4.69, 9.17) is 5.73 Å². The fraction of sp³-hybridized carbons (Fsp3) is 0.381. The van der Waals surface area contributed by atoms with Crippen LogP contribution in [0.3, 0.4) is 0 Å². The molecule has 3 rings (SSSR count). The summed E-state index contributed by atoms with van der Waals surface area (Å²) in [6.45, 7) is 3.40. The van der Waals surface area contributed by atoms with Crippen LogP contribution in [0.1, 0.15) is 17.5 Å². The summed E-state index contributed by atoms with van der Waals surface area (Å²) >= 11 is 0. The third-order valence-corrected chi connectivity index (χ3v) is 4.78. The van der Waals surface area contributed by atoms with Crippen molar-refractivity contribution in [1.29, 1.82) is 0 Å². The Labute approximate surface area is 162 Å². The second-order valence-corrected chi connectivity index (χ2v) is 6.58. The highest BCUT2D eigenvalue weighted by molar-refractivity contribution is 5.95. The molecule has 2 aromatic rings. The second kappa shape index (κ2) is 10.3. The van der Waals surface area contributed by atoms with E-state index in [1.807, 2.05) is 23.1 Å². The van der Waals surface area contributed by atoms with Crippen LogP contribution in [0.2, 0.25) is 0 Å². The maximum Gasteiger partial charge on any atom is 0.241 e. The average Bonchev–Trinajstić information content (AvgIpc) is 2.66. The largest absolute Gasteiger partial charge is 0.329 e. The summed E-state index contributed by atoms with van der Waals surface area (Å²) in [6.07, 6.45) is 3.02. The number of carbonyl (C=O) groups is 1. The lowest BCUT2D eigenvalue weighted by atomic mass is 10.0. The van der Waals surface area contributed by atoms with Gasteiger partial charge in [-0.1, -0.05) is 48.5 Å². The number of hydrogen-bond acceptors (Lipinski definition) is 3. The molecule has 0 bridgehead atoms. The van der Waals surface area contributed by atoms with E-state index < -0.39 is 0 Å². The van der Waals surface area contributed by atoms with Crippen LogP contribution in [-0.4, -0.2) is 43.5 Å². The van der Waals surface area contributed by atoms with E-state index in [-0.39, 0.29) is 18.3 Å². The maximum atomic E-state index is 12.9. The minimum Gasteiger partial charge on any atom is -0.329 e. The first-order valence-corrected chi connectivity index (χ1v) is 9.12. The minimum atomic E-state index is 0. The lowest BCUT2D eigenvalue weighted by Gasteiger charge is -2.31. The number of benzene rings is 2. The molecule has 0 atom stereocenters. The SMILES string of the molecule is Cl.NCCN(CCc1ccccc1)CC(=O)N1CCCc2ccccc21. The summed E-state index contributed by atoms with van der Waals surface area (Å²) in [4.78, 5) is 17.0. The molecule has 1 aliphatic heterocycles. The number of anilines is 1. The van der Waals surface area contributed by atoms with Crippen LogP contribution in [0.25, 0.3) is 0 Å². The van der Waals surface area contributed by atoms with E-state index in [2.05, 4.69) is 41.3 Å². The van der Waals surface area contributed by atoms with Gasteiger partial charge in [-0.3, -0.25) is 9.69 Å². The smallest absolute Gasteiger partial charge is 0.241 e. The Morgan fingerprint density at radius 1 is 1.04 bits per heavy atom. The zero-order valence-corrected chi connectivity index (χ0v) is 16.0. The molecule has 2 aromatic carbocycles. The van der Waals surface area contributed by atoms with Crippen molar-refractivity contribution in [2.45, 2.75) is 19.3 Å². The van der Waals surface area contributed by atoms with Gasteiger partial charge in [0.15, 0.2) is 0 Å². The van der Waals surface area contributed by atoms with Gasteiger partial charge in [-0.2, -0.15) is 0 Å². The van der Waals surface area contributed by atoms with Crippen LogP contribution in [0.15, 0.2) is 54.6 Å². The minimum absolute atomic E-state index is 0. The number of nitrogens with two attached hydrogens (primary N) is 1. The molecule has 26 heavy (non-hydrogen) atoms. The van der Waals surface area contributed by atoms with Crippen molar-refractivity contribution in [3.8, 4) is 0 Å². The maximum absolute atomic E-state index is 12.9. The van der Waals surface area contributed by atoms with Gasteiger partial charge >= 0.3 is 0 Å². The van der Waals surface area contributed by atoms with Crippen LogP contribution in [0, 0.1) is 0 Å². The van der Waals surface area contributed by atoms with Crippen LogP contribution in [0.5, 0.6) is 0 Å². The molecule has 0 unspecified atom stereocenters.